The number of carbonyl (C=O) groups is 1. The van der Waals surface area contributed by atoms with Gasteiger partial charge >= 0.3 is 0 Å². The molecule has 0 radical (unpaired) electrons. The molecule has 0 aliphatic carbocycles. The first kappa shape index (κ1) is 15.2. The zero-order valence-corrected chi connectivity index (χ0v) is 12.9. The maximum Gasteiger partial charge on any atom is 0.256 e. The lowest BCUT2D eigenvalue weighted by Crippen LogP contribution is -2.27. The SMILES string of the molecule is CN(Cc1ccc(C#N)cc1)C(=O)c1ccc(Br)cc1F. The van der Waals surface area contributed by atoms with Crippen LogP contribution in [0.4, 0.5) is 4.39 Å². The van der Waals surface area contributed by atoms with Crippen molar-refractivity contribution in [3.05, 3.63) is 69.4 Å². The summed E-state index contributed by atoms with van der Waals surface area (Å²) in [5.41, 5.74) is 1.48. The molecule has 2 rings (SSSR count). The Morgan fingerprint density at radius 3 is 2.52 bits per heavy atom. The maximum absolute atomic E-state index is 13.8. The van der Waals surface area contributed by atoms with Crippen molar-refractivity contribution >= 4 is 21.8 Å². The van der Waals surface area contributed by atoms with E-state index in [-0.39, 0.29) is 11.5 Å². The summed E-state index contributed by atoms with van der Waals surface area (Å²) in [5.74, 6) is -0.939. The standard InChI is InChI=1S/C16H12BrFN2O/c1-20(10-12-4-2-11(9-19)3-5-12)16(21)14-7-6-13(17)8-15(14)18/h2-8H,10H2,1H3. The number of amides is 1. The van der Waals surface area contributed by atoms with E-state index < -0.39 is 5.82 Å². The van der Waals surface area contributed by atoms with Crippen LogP contribution in [0.5, 0.6) is 0 Å². The van der Waals surface area contributed by atoms with E-state index in [1.165, 1.54) is 17.0 Å². The Morgan fingerprint density at radius 2 is 1.95 bits per heavy atom. The van der Waals surface area contributed by atoms with Crippen molar-refractivity contribution in [2.45, 2.75) is 6.54 Å². The van der Waals surface area contributed by atoms with Gasteiger partial charge < -0.3 is 4.90 Å². The molecule has 0 aromatic heterocycles. The highest BCUT2D eigenvalue weighted by molar-refractivity contribution is 9.10. The topological polar surface area (TPSA) is 44.1 Å². The van der Waals surface area contributed by atoms with Gasteiger partial charge in [-0.25, -0.2) is 4.39 Å². The Hall–Kier alpha value is -2.19. The molecule has 21 heavy (non-hydrogen) atoms. The predicted molar refractivity (Wildman–Crippen MR) is 81.1 cm³/mol. The average molecular weight is 347 g/mol. The van der Waals surface area contributed by atoms with Gasteiger partial charge in [0.25, 0.3) is 5.91 Å². The number of nitrogens with zero attached hydrogens (tertiary/aromatic N) is 2. The van der Waals surface area contributed by atoms with E-state index in [9.17, 15) is 9.18 Å². The predicted octanol–water partition coefficient (Wildman–Crippen LogP) is 3.73. The average Bonchev–Trinajstić information content (AvgIpc) is 2.47. The lowest BCUT2D eigenvalue weighted by molar-refractivity contribution is 0.0780. The Morgan fingerprint density at radius 1 is 1.29 bits per heavy atom. The quantitative estimate of drug-likeness (QED) is 0.849. The molecule has 3 nitrogen and oxygen atoms in total. The van der Waals surface area contributed by atoms with Crippen LogP contribution in [0.1, 0.15) is 21.5 Å². The number of carbonyl (C=O) groups excluding carboxylic acids is 1. The number of hydrogen-bond donors (Lipinski definition) is 0. The first-order valence-electron chi connectivity index (χ1n) is 6.21. The maximum atomic E-state index is 13.8. The van der Waals surface area contributed by atoms with E-state index in [1.807, 2.05) is 6.07 Å². The van der Waals surface area contributed by atoms with Crippen LogP contribution < -0.4 is 0 Å². The fourth-order valence-electron chi connectivity index (χ4n) is 1.90. The third-order valence-corrected chi connectivity index (χ3v) is 3.50. The van der Waals surface area contributed by atoms with Crippen LogP contribution in [-0.2, 0) is 6.54 Å². The highest BCUT2D eigenvalue weighted by atomic mass is 79.9. The normalized spacial score (nSPS) is 10.0. The Bertz CT molecular complexity index is 707. The Balaban J connectivity index is 2.13. The second-order valence-corrected chi connectivity index (χ2v) is 5.51. The molecule has 0 bridgehead atoms. The van der Waals surface area contributed by atoms with Gasteiger partial charge in [0.05, 0.1) is 17.2 Å². The molecule has 0 aliphatic heterocycles. The molecular formula is C16H12BrFN2O. The molecule has 0 heterocycles. The van der Waals surface area contributed by atoms with Gasteiger partial charge in [-0.2, -0.15) is 5.26 Å². The van der Waals surface area contributed by atoms with Crippen molar-refractivity contribution in [2.75, 3.05) is 7.05 Å². The first-order chi connectivity index (χ1) is 10.0. The number of rotatable bonds is 3. The van der Waals surface area contributed by atoms with Gasteiger partial charge in [0.1, 0.15) is 5.82 Å². The van der Waals surface area contributed by atoms with Crippen molar-refractivity contribution in [1.29, 1.82) is 5.26 Å². The van der Waals surface area contributed by atoms with E-state index in [0.717, 1.165) is 5.56 Å². The molecule has 0 unspecified atom stereocenters. The minimum absolute atomic E-state index is 0.0364. The van der Waals surface area contributed by atoms with Gasteiger partial charge in [-0.1, -0.05) is 28.1 Å². The molecule has 106 valence electrons. The largest absolute Gasteiger partial charge is 0.337 e. The summed E-state index contributed by atoms with van der Waals surface area (Å²) < 4.78 is 14.4. The summed E-state index contributed by atoms with van der Waals surface area (Å²) in [6, 6.07) is 13.3. The Kier molecular flexibility index (Phi) is 4.71. The third-order valence-electron chi connectivity index (χ3n) is 3.01. The summed E-state index contributed by atoms with van der Waals surface area (Å²) in [6.45, 7) is 0.347. The van der Waals surface area contributed by atoms with E-state index in [1.54, 1.807) is 37.4 Å². The van der Waals surface area contributed by atoms with Crippen LogP contribution in [0.3, 0.4) is 0 Å². The summed E-state index contributed by atoms with van der Waals surface area (Å²) in [5, 5.41) is 8.74. The lowest BCUT2D eigenvalue weighted by Gasteiger charge is -2.17. The van der Waals surface area contributed by atoms with Crippen molar-refractivity contribution in [3.63, 3.8) is 0 Å². The monoisotopic (exact) mass is 346 g/mol. The second-order valence-electron chi connectivity index (χ2n) is 4.59. The van der Waals surface area contributed by atoms with Crippen LogP contribution in [-0.4, -0.2) is 17.9 Å². The van der Waals surface area contributed by atoms with Crippen LogP contribution in [0, 0.1) is 17.1 Å². The summed E-state index contributed by atoms with van der Waals surface area (Å²) in [6.07, 6.45) is 0. The van der Waals surface area contributed by atoms with Gasteiger partial charge in [0.15, 0.2) is 0 Å². The Labute approximate surface area is 130 Å². The number of nitriles is 1. The third kappa shape index (κ3) is 3.67. The van der Waals surface area contributed by atoms with Crippen LogP contribution in [0.2, 0.25) is 0 Å². The van der Waals surface area contributed by atoms with Gasteiger partial charge in [-0.05, 0) is 35.9 Å². The van der Waals surface area contributed by atoms with E-state index in [2.05, 4.69) is 15.9 Å². The minimum Gasteiger partial charge on any atom is -0.337 e. The molecule has 0 saturated carbocycles. The highest BCUT2D eigenvalue weighted by Gasteiger charge is 2.16. The van der Waals surface area contributed by atoms with Crippen molar-refractivity contribution in [1.82, 2.24) is 4.90 Å². The van der Waals surface area contributed by atoms with Gasteiger partial charge in [-0.15, -0.1) is 0 Å². The summed E-state index contributed by atoms with van der Waals surface area (Å²) in [7, 11) is 1.61. The van der Waals surface area contributed by atoms with E-state index in [4.69, 9.17) is 5.26 Å². The van der Waals surface area contributed by atoms with Gasteiger partial charge in [0, 0.05) is 18.1 Å². The zero-order valence-electron chi connectivity index (χ0n) is 11.3. The molecule has 0 aliphatic rings. The fraction of sp³-hybridized carbons (Fsp3) is 0.125. The smallest absolute Gasteiger partial charge is 0.256 e. The second kappa shape index (κ2) is 6.51. The zero-order chi connectivity index (χ0) is 15.4. The first-order valence-corrected chi connectivity index (χ1v) is 7.00. The molecular weight excluding hydrogens is 335 g/mol. The molecule has 0 N–H and O–H groups in total. The van der Waals surface area contributed by atoms with E-state index in [0.29, 0.717) is 16.6 Å². The molecule has 0 spiro atoms. The molecule has 0 atom stereocenters. The van der Waals surface area contributed by atoms with Crippen LogP contribution in [0.25, 0.3) is 0 Å². The fourth-order valence-corrected chi connectivity index (χ4v) is 2.23. The number of halogens is 2. The molecule has 2 aromatic rings. The van der Waals surface area contributed by atoms with Crippen molar-refractivity contribution in [3.8, 4) is 6.07 Å². The molecule has 5 heteroatoms. The number of benzene rings is 2. The minimum atomic E-state index is -0.555. The number of hydrogen-bond acceptors (Lipinski definition) is 2. The molecule has 0 fully saturated rings. The molecule has 0 saturated heterocycles. The summed E-state index contributed by atoms with van der Waals surface area (Å²) in [4.78, 5) is 13.7. The molecule has 2 aromatic carbocycles. The summed E-state index contributed by atoms with van der Waals surface area (Å²) >= 11 is 3.16. The molecule has 1 amide bonds. The lowest BCUT2D eigenvalue weighted by atomic mass is 10.1. The van der Waals surface area contributed by atoms with Gasteiger partial charge in [0.2, 0.25) is 0 Å². The van der Waals surface area contributed by atoms with E-state index >= 15 is 0 Å². The van der Waals surface area contributed by atoms with Crippen LogP contribution >= 0.6 is 15.9 Å². The van der Waals surface area contributed by atoms with Crippen LogP contribution in [0.15, 0.2) is 46.9 Å². The van der Waals surface area contributed by atoms with Crippen molar-refractivity contribution in [2.24, 2.45) is 0 Å². The highest BCUT2D eigenvalue weighted by Crippen LogP contribution is 2.17. The van der Waals surface area contributed by atoms with Gasteiger partial charge in [-0.3, -0.25) is 4.79 Å². The van der Waals surface area contributed by atoms with Crippen molar-refractivity contribution < 1.29 is 9.18 Å².